The van der Waals surface area contributed by atoms with Gasteiger partial charge in [0, 0.05) is 17.8 Å². The van der Waals surface area contributed by atoms with Crippen LogP contribution in [0, 0.1) is 5.92 Å². The molecule has 0 bridgehead atoms. The van der Waals surface area contributed by atoms with Crippen LogP contribution in [-0.2, 0) is 6.54 Å². The van der Waals surface area contributed by atoms with Crippen molar-refractivity contribution in [3.05, 3.63) is 95.6 Å². The molecule has 0 heterocycles. The van der Waals surface area contributed by atoms with Crippen LogP contribution < -0.4 is 15.4 Å². The molecule has 0 radical (unpaired) electrons. The fourth-order valence-corrected chi connectivity index (χ4v) is 2.97. The van der Waals surface area contributed by atoms with E-state index < -0.39 is 0 Å². The highest BCUT2D eigenvalue weighted by atomic mass is 16.5. The zero-order valence-corrected chi connectivity index (χ0v) is 17.9. The van der Waals surface area contributed by atoms with Gasteiger partial charge in [0.1, 0.15) is 5.75 Å². The number of amides is 2. The first-order chi connectivity index (χ1) is 15.0. The molecule has 0 aliphatic rings. The van der Waals surface area contributed by atoms with Crippen molar-refractivity contribution in [1.82, 2.24) is 5.32 Å². The highest BCUT2D eigenvalue weighted by molar-refractivity contribution is 6.06. The van der Waals surface area contributed by atoms with Crippen molar-refractivity contribution in [2.24, 2.45) is 5.92 Å². The van der Waals surface area contributed by atoms with Crippen molar-refractivity contribution >= 4 is 17.5 Å². The molecule has 2 amide bonds. The number of nitrogens with one attached hydrogen (secondary N) is 2. The lowest BCUT2D eigenvalue weighted by molar-refractivity contribution is 0.0950. The minimum absolute atomic E-state index is 0.161. The standard InChI is InChI=1S/C26H28N2O3/c1-19(2)16-17-31-24-11-7-6-10-23(24)26(30)28-22-14-12-21(13-15-22)25(29)27-18-20-8-4-3-5-9-20/h3-15,19H,16-18H2,1-2H3,(H,27,29)(H,28,30). The van der Waals surface area contributed by atoms with Gasteiger partial charge in [-0.15, -0.1) is 0 Å². The van der Waals surface area contributed by atoms with Gasteiger partial charge in [0.2, 0.25) is 0 Å². The molecule has 0 aliphatic heterocycles. The first-order valence-corrected chi connectivity index (χ1v) is 10.5. The molecular weight excluding hydrogens is 388 g/mol. The van der Waals surface area contributed by atoms with E-state index in [0.29, 0.717) is 41.6 Å². The fourth-order valence-electron chi connectivity index (χ4n) is 2.97. The topological polar surface area (TPSA) is 67.4 Å². The van der Waals surface area contributed by atoms with Crippen LogP contribution in [-0.4, -0.2) is 18.4 Å². The third kappa shape index (κ3) is 6.71. The van der Waals surface area contributed by atoms with E-state index in [1.54, 1.807) is 36.4 Å². The quantitative estimate of drug-likeness (QED) is 0.498. The van der Waals surface area contributed by atoms with Crippen molar-refractivity contribution in [1.29, 1.82) is 0 Å². The van der Waals surface area contributed by atoms with Crippen LogP contribution >= 0.6 is 0 Å². The molecule has 0 aliphatic carbocycles. The smallest absolute Gasteiger partial charge is 0.259 e. The van der Waals surface area contributed by atoms with Crippen molar-refractivity contribution in [2.75, 3.05) is 11.9 Å². The molecule has 0 fully saturated rings. The summed E-state index contributed by atoms with van der Waals surface area (Å²) in [5, 5.41) is 5.76. The van der Waals surface area contributed by atoms with E-state index in [2.05, 4.69) is 24.5 Å². The number of hydrogen-bond acceptors (Lipinski definition) is 3. The van der Waals surface area contributed by atoms with Crippen LogP contribution in [0.25, 0.3) is 0 Å². The summed E-state index contributed by atoms with van der Waals surface area (Å²) >= 11 is 0. The molecule has 31 heavy (non-hydrogen) atoms. The molecule has 0 unspecified atom stereocenters. The Morgan fingerprint density at radius 1 is 0.839 bits per heavy atom. The van der Waals surface area contributed by atoms with Gasteiger partial charge in [-0.3, -0.25) is 9.59 Å². The molecule has 0 aromatic heterocycles. The molecule has 3 aromatic rings. The zero-order chi connectivity index (χ0) is 22.1. The Kier molecular flexibility index (Phi) is 7.82. The lowest BCUT2D eigenvalue weighted by atomic mass is 10.1. The average Bonchev–Trinajstić information content (AvgIpc) is 2.78. The average molecular weight is 417 g/mol. The number of benzene rings is 3. The first-order valence-electron chi connectivity index (χ1n) is 10.5. The summed E-state index contributed by atoms with van der Waals surface area (Å²) < 4.78 is 5.81. The summed E-state index contributed by atoms with van der Waals surface area (Å²) in [6, 6.07) is 23.8. The summed E-state index contributed by atoms with van der Waals surface area (Å²) in [4.78, 5) is 25.1. The second kappa shape index (κ2) is 11.0. The molecule has 5 heteroatoms. The SMILES string of the molecule is CC(C)CCOc1ccccc1C(=O)Nc1ccc(C(=O)NCc2ccccc2)cc1. The van der Waals surface area contributed by atoms with Crippen molar-refractivity contribution in [2.45, 2.75) is 26.8 Å². The Labute approximate surface area is 183 Å². The van der Waals surface area contributed by atoms with Gasteiger partial charge in [-0.25, -0.2) is 0 Å². The highest BCUT2D eigenvalue weighted by Crippen LogP contribution is 2.21. The summed E-state index contributed by atoms with van der Waals surface area (Å²) in [6.45, 7) is 5.29. The summed E-state index contributed by atoms with van der Waals surface area (Å²) in [5.41, 5.74) is 2.66. The van der Waals surface area contributed by atoms with Crippen LogP contribution in [0.1, 0.15) is 46.5 Å². The predicted octanol–water partition coefficient (Wildman–Crippen LogP) is 5.29. The number of carbonyl (C=O) groups excluding carboxylic acids is 2. The Hall–Kier alpha value is -3.60. The minimum Gasteiger partial charge on any atom is -0.493 e. The molecule has 5 nitrogen and oxygen atoms in total. The van der Waals surface area contributed by atoms with E-state index in [9.17, 15) is 9.59 Å². The molecule has 160 valence electrons. The van der Waals surface area contributed by atoms with Crippen LogP contribution in [0.3, 0.4) is 0 Å². The normalized spacial score (nSPS) is 10.5. The third-order valence-electron chi connectivity index (χ3n) is 4.79. The lowest BCUT2D eigenvalue weighted by Crippen LogP contribution is -2.22. The molecule has 0 saturated heterocycles. The number of ether oxygens (including phenoxy) is 1. The number of hydrogen-bond donors (Lipinski definition) is 2. The van der Waals surface area contributed by atoms with Gasteiger partial charge in [0.25, 0.3) is 11.8 Å². The Morgan fingerprint density at radius 3 is 2.23 bits per heavy atom. The Morgan fingerprint density at radius 2 is 1.52 bits per heavy atom. The van der Waals surface area contributed by atoms with Crippen molar-refractivity contribution in [3.63, 3.8) is 0 Å². The largest absolute Gasteiger partial charge is 0.493 e. The van der Waals surface area contributed by atoms with E-state index in [-0.39, 0.29) is 11.8 Å². The van der Waals surface area contributed by atoms with Gasteiger partial charge in [-0.2, -0.15) is 0 Å². The van der Waals surface area contributed by atoms with Crippen LogP contribution in [0.5, 0.6) is 5.75 Å². The van der Waals surface area contributed by atoms with Gasteiger partial charge in [0.15, 0.2) is 0 Å². The van der Waals surface area contributed by atoms with Gasteiger partial charge >= 0.3 is 0 Å². The van der Waals surface area contributed by atoms with E-state index >= 15 is 0 Å². The number of anilines is 1. The number of carbonyl (C=O) groups is 2. The number of rotatable bonds is 9. The van der Waals surface area contributed by atoms with Gasteiger partial charge in [-0.05, 0) is 54.3 Å². The van der Waals surface area contributed by atoms with Crippen LogP contribution in [0.15, 0.2) is 78.9 Å². The van der Waals surface area contributed by atoms with E-state index in [0.717, 1.165) is 12.0 Å². The maximum atomic E-state index is 12.7. The van der Waals surface area contributed by atoms with Crippen LogP contribution in [0.4, 0.5) is 5.69 Å². The van der Waals surface area contributed by atoms with Gasteiger partial charge < -0.3 is 15.4 Å². The van der Waals surface area contributed by atoms with Crippen LogP contribution in [0.2, 0.25) is 0 Å². The lowest BCUT2D eigenvalue weighted by Gasteiger charge is -2.13. The minimum atomic E-state index is -0.249. The maximum absolute atomic E-state index is 12.7. The van der Waals surface area contributed by atoms with E-state index in [1.807, 2.05) is 42.5 Å². The monoisotopic (exact) mass is 416 g/mol. The Balaban J connectivity index is 1.58. The van der Waals surface area contributed by atoms with Gasteiger partial charge in [-0.1, -0.05) is 56.3 Å². The van der Waals surface area contributed by atoms with E-state index in [1.165, 1.54) is 0 Å². The molecule has 2 N–H and O–H groups in total. The highest BCUT2D eigenvalue weighted by Gasteiger charge is 2.13. The zero-order valence-electron chi connectivity index (χ0n) is 17.9. The predicted molar refractivity (Wildman–Crippen MR) is 123 cm³/mol. The molecule has 3 aromatic carbocycles. The Bertz CT molecular complexity index is 999. The van der Waals surface area contributed by atoms with E-state index in [4.69, 9.17) is 4.74 Å². The summed E-state index contributed by atoms with van der Waals surface area (Å²) in [7, 11) is 0. The first kappa shape index (κ1) is 22.1. The third-order valence-corrected chi connectivity index (χ3v) is 4.79. The molecule has 0 atom stereocenters. The number of para-hydroxylation sites is 1. The second-order valence-electron chi connectivity index (χ2n) is 7.73. The maximum Gasteiger partial charge on any atom is 0.259 e. The molecule has 3 rings (SSSR count). The summed E-state index contributed by atoms with van der Waals surface area (Å²) in [5.74, 6) is 0.689. The van der Waals surface area contributed by atoms with Crippen molar-refractivity contribution in [3.8, 4) is 5.75 Å². The van der Waals surface area contributed by atoms with Gasteiger partial charge in [0.05, 0.1) is 12.2 Å². The summed E-state index contributed by atoms with van der Waals surface area (Å²) in [6.07, 6.45) is 0.920. The molecule has 0 spiro atoms. The van der Waals surface area contributed by atoms with Crippen molar-refractivity contribution < 1.29 is 14.3 Å². The second-order valence-corrected chi connectivity index (χ2v) is 7.73. The fraction of sp³-hybridized carbons (Fsp3) is 0.231. The molecular formula is C26H28N2O3. The molecule has 0 saturated carbocycles.